The van der Waals surface area contributed by atoms with Gasteiger partial charge in [-0.05, 0) is 31.1 Å². The second-order valence-corrected chi connectivity index (χ2v) is 5.37. The molecule has 0 saturated heterocycles. The maximum Gasteiger partial charge on any atom is 0.0587 e. The molecular formula is C15H29NO. The summed E-state index contributed by atoms with van der Waals surface area (Å²) in [6.07, 6.45) is 9.31. The van der Waals surface area contributed by atoms with Gasteiger partial charge in [0.25, 0.3) is 0 Å². The van der Waals surface area contributed by atoms with Crippen LogP contribution in [0.4, 0.5) is 0 Å². The Balaban J connectivity index is 2.27. The van der Waals surface area contributed by atoms with Crippen LogP contribution in [0.5, 0.6) is 0 Å². The Hall–Kier alpha value is -0.340. The molecule has 1 aliphatic rings. The summed E-state index contributed by atoms with van der Waals surface area (Å²) in [6.45, 7) is 7.43. The lowest BCUT2D eigenvalue weighted by Gasteiger charge is -2.24. The molecule has 1 saturated carbocycles. The normalized spacial score (nSPS) is 26.2. The van der Waals surface area contributed by atoms with Gasteiger partial charge < -0.3 is 10.1 Å². The first-order valence-corrected chi connectivity index (χ1v) is 7.15. The monoisotopic (exact) mass is 239 g/mol. The fraction of sp³-hybridized carbons (Fsp3) is 0.867. The molecule has 0 aliphatic heterocycles. The van der Waals surface area contributed by atoms with Crippen LogP contribution in [0.1, 0.15) is 46.0 Å². The van der Waals surface area contributed by atoms with Crippen LogP contribution in [0.25, 0.3) is 0 Å². The molecule has 0 spiro atoms. The molecule has 100 valence electrons. The molecule has 0 aromatic carbocycles. The largest absolute Gasteiger partial charge is 0.383 e. The van der Waals surface area contributed by atoms with Crippen molar-refractivity contribution in [2.45, 2.75) is 46.0 Å². The molecule has 0 aromatic rings. The molecule has 0 bridgehead atoms. The summed E-state index contributed by atoms with van der Waals surface area (Å²) in [7, 11) is 1.75. The molecule has 0 atom stereocenters. The van der Waals surface area contributed by atoms with Crippen molar-refractivity contribution in [3.8, 4) is 0 Å². The first-order valence-electron chi connectivity index (χ1n) is 7.15. The third-order valence-electron chi connectivity index (χ3n) is 3.82. The lowest BCUT2D eigenvalue weighted by atomic mass is 9.82. The standard InChI is InChI=1S/C15H29NO/c1-4-14(12-16-9-10-17-3)11-15-7-5-13(2)6-8-15/h11,13,15-16H,4-10,12H2,1-3H3/b14-11-. The maximum absolute atomic E-state index is 5.04. The summed E-state index contributed by atoms with van der Waals surface area (Å²) in [6, 6.07) is 0. The van der Waals surface area contributed by atoms with Crippen molar-refractivity contribution in [2.75, 3.05) is 26.8 Å². The van der Waals surface area contributed by atoms with Crippen molar-refractivity contribution in [1.82, 2.24) is 5.32 Å². The van der Waals surface area contributed by atoms with Gasteiger partial charge >= 0.3 is 0 Å². The Morgan fingerprint density at radius 3 is 2.59 bits per heavy atom. The molecule has 1 N–H and O–H groups in total. The average Bonchev–Trinajstić information content (AvgIpc) is 2.35. The third-order valence-corrected chi connectivity index (χ3v) is 3.82. The number of nitrogens with one attached hydrogen (secondary N) is 1. The van der Waals surface area contributed by atoms with E-state index < -0.39 is 0 Å². The van der Waals surface area contributed by atoms with Gasteiger partial charge in [0.2, 0.25) is 0 Å². The van der Waals surface area contributed by atoms with Crippen LogP contribution >= 0.6 is 0 Å². The summed E-state index contributed by atoms with van der Waals surface area (Å²) in [4.78, 5) is 0. The van der Waals surface area contributed by atoms with Gasteiger partial charge in [-0.1, -0.05) is 38.3 Å². The van der Waals surface area contributed by atoms with E-state index in [9.17, 15) is 0 Å². The lowest BCUT2D eigenvalue weighted by molar-refractivity contribution is 0.200. The minimum Gasteiger partial charge on any atom is -0.383 e. The van der Waals surface area contributed by atoms with Gasteiger partial charge in [0.05, 0.1) is 6.61 Å². The first-order chi connectivity index (χ1) is 8.26. The van der Waals surface area contributed by atoms with E-state index in [0.717, 1.165) is 31.5 Å². The maximum atomic E-state index is 5.04. The van der Waals surface area contributed by atoms with Gasteiger partial charge in [0.1, 0.15) is 0 Å². The Morgan fingerprint density at radius 1 is 1.29 bits per heavy atom. The quantitative estimate of drug-likeness (QED) is 0.543. The zero-order chi connectivity index (χ0) is 12.5. The predicted octanol–water partition coefficient (Wildman–Crippen LogP) is 3.39. The van der Waals surface area contributed by atoms with Crippen LogP contribution in [0.15, 0.2) is 11.6 Å². The van der Waals surface area contributed by atoms with Gasteiger partial charge in [-0.25, -0.2) is 0 Å². The number of hydrogen-bond donors (Lipinski definition) is 1. The fourth-order valence-electron chi connectivity index (χ4n) is 2.51. The number of allylic oxidation sites excluding steroid dienone is 1. The molecule has 2 heteroatoms. The molecule has 0 radical (unpaired) electrons. The molecule has 1 aliphatic carbocycles. The molecule has 0 amide bonds. The van der Waals surface area contributed by atoms with Crippen LogP contribution in [0.2, 0.25) is 0 Å². The molecule has 0 heterocycles. The number of hydrogen-bond acceptors (Lipinski definition) is 2. The third kappa shape index (κ3) is 6.23. The van der Waals surface area contributed by atoms with Crippen LogP contribution in [0.3, 0.4) is 0 Å². The Bertz CT molecular complexity index is 217. The summed E-state index contributed by atoms with van der Waals surface area (Å²) >= 11 is 0. The van der Waals surface area contributed by atoms with Gasteiger partial charge in [-0.15, -0.1) is 0 Å². The molecule has 0 unspecified atom stereocenters. The highest BCUT2D eigenvalue weighted by Gasteiger charge is 2.16. The summed E-state index contributed by atoms with van der Waals surface area (Å²) < 4.78 is 5.04. The zero-order valence-corrected chi connectivity index (χ0v) is 11.8. The van der Waals surface area contributed by atoms with E-state index in [0.29, 0.717) is 0 Å². The minimum atomic E-state index is 0.804. The molecule has 2 nitrogen and oxygen atoms in total. The smallest absolute Gasteiger partial charge is 0.0587 e. The van der Waals surface area contributed by atoms with Gasteiger partial charge in [-0.2, -0.15) is 0 Å². The summed E-state index contributed by atoms with van der Waals surface area (Å²) in [5.74, 6) is 1.79. The highest BCUT2D eigenvalue weighted by Crippen LogP contribution is 2.29. The van der Waals surface area contributed by atoms with Crippen LogP contribution < -0.4 is 5.32 Å². The topological polar surface area (TPSA) is 21.3 Å². The van der Waals surface area contributed by atoms with Crippen molar-refractivity contribution in [3.63, 3.8) is 0 Å². The average molecular weight is 239 g/mol. The Labute approximate surface area is 107 Å². The number of ether oxygens (including phenoxy) is 1. The molecule has 1 rings (SSSR count). The minimum absolute atomic E-state index is 0.804. The number of rotatable bonds is 7. The van der Waals surface area contributed by atoms with E-state index >= 15 is 0 Å². The second kappa shape index (κ2) is 8.71. The van der Waals surface area contributed by atoms with Crippen LogP contribution in [-0.4, -0.2) is 26.8 Å². The Kier molecular flexibility index (Phi) is 7.54. The van der Waals surface area contributed by atoms with E-state index in [2.05, 4.69) is 25.2 Å². The van der Waals surface area contributed by atoms with Gasteiger partial charge in [-0.3, -0.25) is 0 Å². The molecule has 0 aromatic heterocycles. The van der Waals surface area contributed by atoms with Gasteiger partial charge in [0, 0.05) is 20.2 Å². The summed E-state index contributed by atoms with van der Waals surface area (Å²) in [5.41, 5.74) is 1.57. The zero-order valence-electron chi connectivity index (χ0n) is 11.8. The van der Waals surface area contributed by atoms with Crippen molar-refractivity contribution in [2.24, 2.45) is 11.8 Å². The van der Waals surface area contributed by atoms with Gasteiger partial charge in [0.15, 0.2) is 0 Å². The van der Waals surface area contributed by atoms with Crippen LogP contribution in [-0.2, 0) is 4.74 Å². The molecular weight excluding hydrogens is 210 g/mol. The van der Waals surface area contributed by atoms with E-state index in [-0.39, 0.29) is 0 Å². The van der Waals surface area contributed by atoms with Crippen molar-refractivity contribution in [3.05, 3.63) is 11.6 Å². The molecule has 17 heavy (non-hydrogen) atoms. The first kappa shape index (κ1) is 14.7. The van der Waals surface area contributed by atoms with Crippen molar-refractivity contribution < 1.29 is 4.74 Å². The van der Waals surface area contributed by atoms with E-state index in [1.165, 1.54) is 32.1 Å². The van der Waals surface area contributed by atoms with Crippen molar-refractivity contribution in [1.29, 1.82) is 0 Å². The fourth-order valence-corrected chi connectivity index (χ4v) is 2.51. The second-order valence-electron chi connectivity index (χ2n) is 5.37. The number of methoxy groups -OCH3 is 1. The van der Waals surface area contributed by atoms with E-state index in [4.69, 9.17) is 4.74 Å². The summed E-state index contributed by atoms with van der Waals surface area (Å²) in [5, 5.41) is 3.44. The molecule has 1 fully saturated rings. The highest BCUT2D eigenvalue weighted by molar-refractivity contribution is 5.06. The highest BCUT2D eigenvalue weighted by atomic mass is 16.5. The van der Waals surface area contributed by atoms with E-state index in [1.807, 2.05) is 0 Å². The predicted molar refractivity (Wildman–Crippen MR) is 74.2 cm³/mol. The van der Waals surface area contributed by atoms with E-state index in [1.54, 1.807) is 12.7 Å². The van der Waals surface area contributed by atoms with Crippen LogP contribution in [0, 0.1) is 11.8 Å². The lowest BCUT2D eigenvalue weighted by Crippen LogP contribution is -2.22. The Morgan fingerprint density at radius 2 is 2.00 bits per heavy atom. The SMILES string of the molecule is CC/C(=C/C1CCC(C)CC1)CNCCOC. The van der Waals surface area contributed by atoms with Crippen molar-refractivity contribution >= 4 is 0 Å².